The third-order valence-electron chi connectivity index (χ3n) is 1.98. The van der Waals surface area contributed by atoms with Gasteiger partial charge in [0, 0.05) is 13.0 Å². The normalized spacial score (nSPS) is 12.9. The Balaban J connectivity index is 2.13. The van der Waals surface area contributed by atoms with Gasteiger partial charge in [-0.2, -0.15) is 0 Å². The molecular weight excluding hydrogens is 232 g/mol. The van der Waals surface area contributed by atoms with Gasteiger partial charge in [0.2, 0.25) is 0 Å². The molecule has 1 atom stereocenters. The topological polar surface area (TPSA) is 77.2 Å². The Morgan fingerprint density at radius 3 is 3.19 bits per heavy atom. The summed E-state index contributed by atoms with van der Waals surface area (Å²) in [6.07, 6.45) is 0. The lowest BCUT2D eigenvalue weighted by atomic mass is 10.3. The SMILES string of the molecule is COCC(CCl)Nc1ccc2nnnn2n1. The van der Waals surface area contributed by atoms with E-state index in [1.807, 2.05) is 0 Å². The smallest absolute Gasteiger partial charge is 0.200 e. The molecule has 0 aliphatic carbocycles. The van der Waals surface area contributed by atoms with Crippen molar-refractivity contribution < 1.29 is 4.74 Å². The highest BCUT2D eigenvalue weighted by molar-refractivity contribution is 6.18. The fourth-order valence-corrected chi connectivity index (χ4v) is 1.43. The molecule has 2 heterocycles. The molecule has 7 nitrogen and oxygen atoms in total. The van der Waals surface area contributed by atoms with Crippen molar-refractivity contribution in [3.05, 3.63) is 12.1 Å². The van der Waals surface area contributed by atoms with Gasteiger partial charge in [0.25, 0.3) is 0 Å². The van der Waals surface area contributed by atoms with Gasteiger partial charge in [0.1, 0.15) is 5.82 Å². The second-order valence-electron chi connectivity index (χ2n) is 3.20. The lowest BCUT2D eigenvalue weighted by Gasteiger charge is -2.14. The summed E-state index contributed by atoms with van der Waals surface area (Å²) in [5.41, 5.74) is 0.597. The maximum Gasteiger partial charge on any atom is 0.200 e. The van der Waals surface area contributed by atoms with Crippen molar-refractivity contribution in [2.75, 3.05) is 24.9 Å². The molecule has 0 aromatic carbocycles. The first kappa shape index (κ1) is 11.0. The average Bonchev–Trinajstić information content (AvgIpc) is 2.75. The van der Waals surface area contributed by atoms with E-state index >= 15 is 0 Å². The number of ether oxygens (including phenoxy) is 1. The van der Waals surface area contributed by atoms with Gasteiger partial charge in [-0.25, -0.2) is 0 Å². The van der Waals surface area contributed by atoms with Crippen LogP contribution in [0.25, 0.3) is 5.65 Å². The minimum atomic E-state index is 0.00750. The summed E-state index contributed by atoms with van der Waals surface area (Å²) < 4.78 is 6.37. The molecule has 0 aliphatic heterocycles. The number of hydrogen-bond donors (Lipinski definition) is 1. The molecule has 1 unspecified atom stereocenters. The molecule has 0 spiro atoms. The summed E-state index contributed by atoms with van der Waals surface area (Å²) >= 11 is 5.78. The van der Waals surface area contributed by atoms with E-state index < -0.39 is 0 Å². The monoisotopic (exact) mass is 242 g/mol. The van der Waals surface area contributed by atoms with Crippen LogP contribution in [0.5, 0.6) is 0 Å². The van der Waals surface area contributed by atoms with E-state index in [0.717, 1.165) is 0 Å². The lowest BCUT2D eigenvalue weighted by Crippen LogP contribution is -2.27. The molecule has 0 amide bonds. The highest BCUT2D eigenvalue weighted by atomic mass is 35.5. The standard InChI is InChI=1S/C8H11ClN6O/c1-16-5-6(4-9)10-7-2-3-8-11-13-14-15(8)12-7/h2-3,6H,4-5H2,1H3,(H,10,12). The van der Waals surface area contributed by atoms with Gasteiger partial charge >= 0.3 is 0 Å². The zero-order valence-electron chi connectivity index (χ0n) is 8.67. The molecule has 2 aromatic rings. The third kappa shape index (κ3) is 2.37. The van der Waals surface area contributed by atoms with Crippen LogP contribution in [0.15, 0.2) is 12.1 Å². The quantitative estimate of drug-likeness (QED) is 0.754. The van der Waals surface area contributed by atoms with Crippen LogP contribution in [-0.2, 0) is 4.74 Å². The molecule has 0 fully saturated rings. The summed E-state index contributed by atoms with van der Waals surface area (Å²) in [6, 6.07) is 3.57. The number of nitrogens with zero attached hydrogens (tertiary/aromatic N) is 5. The summed E-state index contributed by atoms with van der Waals surface area (Å²) in [4.78, 5) is 0. The molecular formula is C8H11ClN6O. The Morgan fingerprint density at radius 1 is 1.56 bits per heavy atom. The molecule has 8 heteroatoms. The van der Waals surface area contributed by atoms with Gasteiger partial charge in [-0.1, -0.05) is 0 Å². The largest absolute Gasteiger partial charge is 0.383 e. The fraction of sp³-hybridized carbons (Fsp3) is 0.500. The third-order valence-corrected chi connectivity index (χ3v) is 2.35. The number of halogens is 1. The molecule has 0 radical (unpaired) electrons. The number of fused-ring (bicyclic) bond motifs is 1. The summed E-state index contributed by atoms with van der Waals surface area (Å²) in [5, 5.41) is 18.2. The number of tetrazole rings is 1. The van der Waals surface area contributed by atoms with Crippen LogP contribution in [0.2, 0.25) is 0 Å². The van der Waals surface area contributed by atoms with E-state index in [2.05, 4.69) is 25.9 Å². The number of anilines is 1. The van der Waals surface area contributed by atoms with Crippen molar-refractivity contribution in [3.63, 3.8) is 0 Å². The lowest BCUT2D eigenvalue weighted by molar-refractivity contribution is 0.191. The number of alkyl halides is 1. The zero-order chi connectivity index (χ0) is 11.4. The fourth-order valence-electron chi connectivity index (χ4n) is 1.26. The molecule has 16 heavy (non-hydrogen) atoms. The highest BCUT2D eigenvalue weighted by Gasteiger charge is 2.08. The summed E-state index contributed by atoms with van der Waals surface area (Å²) in [6.45, 7) is 0.513. The van der Waals surface area contributed by atoms with E-state index in [1.54, 1.807) is 19.2 Å². The molecule has 0 saturated heterocycles. The maximum atomic E-state index is 5.78. The van der Waals surface area contributed by atoms with Gasteiger partial charge in [-0.05, 0) is 22.6 Å². The molecule has 86 valence electrons. The maximum absolute atomic E-state index is 5.78. The summed E-state index contributed by atoms with van der Waals surface area (Å²) in [5.74, 6) is 1.09. The first-order valence-corrected chi connectivity index (χ1v) is 5.24. The Bertz CT molecular complexity index is 460. The number of methoxy groups -OCH3 is 1. The van der Waals surface area contributed by atoms with Crippen LogP contribution in [-0.4, -0.2) is 50.9 Å². The molecule has 0 aliphatic rings. The van der Waals surface area contributed by atoms with Gasteiger partial charge in [0.05, 0.1) is 12.6 Å². The number of rotatable bonds is 5. The zero-order valence-corrected chi connectivity index (χ0v) is 9.42. The predicted octanol–water partition coefficient (Wildman–Crippen LogP) is 0.185. The van der Waals surface area contributed by atoms with Crippen LogP contribution in [0.1, 0.15) is 0 Å². The number of hydrogen-bond acceptors (Lipinski definition) is 6. The first-order chi connectivity index (χ1) is 7.83. The minimum absolute atomic E-state index is 0.00750. The molecule has 2 aromatic heterocycles. The number of aromatic nitrogens is 5. The van der Waals surface area contributed by atoms with Crippen molar-refractivity contribution in [1.82, 2.24) is 25.3 Å². The van der Waals surface area contributed by atoms with E-state index in [4.69, 9.17) is 16.3 Å². The predicted molar refractivity (Wildman–Crippen MR) is 58.6 cm³/mol. The molecule has 1 N–H and O–H groups in total. The van der Waals surface area contributed by atoms with Gasteiger partial charge < -0.3 is 10.1 Å². The van der Waals surface area contributed by atoms with Crippen LogP contribution >= 0.6 is 11.6 Å². The Morgan fingerprint density at radius 2 is 2.44 bits per heavy atom. The highest BCUT2D eigenvalue weighted by Crippen LogP contribution is 2.06. The van der Waals surface area contributed by atoms with Crippen molar-refractivity contribution in [2.24, 2.45) is 0 Å². The van der Waals surface area contributed by atoms with E-state index in [9.17, 15) is 0 Å². The minimum Gasteiger partial charge on any atom is -0.383 e. The Kier molecular flexibility index (Phi) is 3.47. The summed E-state index contributed by atoms with van der Waals surface area (Å²) in [7, 11) is 1.62. The average molecular weight is 243 g/mol. The van der Waals surface area contributed by atoms with Crippen molar-refractivity contribution in [1.29, 1.82) is 0 Å². The molecule has 0 saturated carbocycles. The van der Waals surface area contributed by atoms with Crippen LogP contribution < -0.4 is 5.32 Å². The van der Waals surface area contributed by atoms with E-state index in [-0.39, 0.29) is 6.04 Å². The molecule has 0 bridgehead atoms. The van der Waals surface area contributed by atoms with E-state index in [1.165, 1.54) is 4.63 Å². The Hall–Kier alpha value is -1.47. The van der Waals surface area contributed by atoms with E-state index in [0.29, 0.717) is 24.0 Å². The van der Waals surface area contributed by atoms with Crippen molar-refractivity contribution in [3.8, 4) is 0 Å². The molecule has 2 rings (SSSR count). The Labute approximate surface area is 96.7 Å². The second-order valence-corrected chi connectivity index (χ2v) is 3.50. The number of nitrogens with one attached hydrogen (secondary N) is 1. The van der Waals surface area contributed by atoms with Crippen LogP contribution in [0.3, 0.4) is 0 Å². The van der Waals surface area contributed by atoms with Crippen LogP contribution in [0, 0.1) is 0 Å². The van der Waals surface area contributed by atoms with Gasteiger partial charge in [0.15, 0.2) is 5.65 Å². The van der Waals surface area contributed by atoms with Crippen molar-refractivity contribution >= 4 is 23.1 Å². The van der Waals surface area contributed by atoms with Crippen molar-refractivity contribution in [2.45, 2.75) is 6.04 Å². The van der Waals surface area contributed by atoms with Gasteiger partial charge in [-0.3, -0.25) is 0 Å². The second kappa shape index (κ2) is 5.04. The first-order valence-electron chi connectivity index (χ1n) is 4.70. The van der Waals surface area contributed by atoms with Crippen LogP contribution in [0.4, 0.5) is 5.82 Å². The van der Waals surface area contributed by atoms with Gasteiger partial charge in [-0.15, -0.1) is 26.4 Å².